The van der Waals surface area contributed by atoms with Gasteiger partial charge in [-0.2, -0.15) is 5.10 Å². The van der Waals surface area contributed by atoms with Gasteiger partial charge in [-0.15, -0.1) is 0 Å². The van der Waals surface area contributed by atoms with Crippen LogP contribution in [0.5, 0.6) is 0 Å². The van der Waals surface area contributed by atoms with Crippen LogP contribution in [-0.2, 0) is 0 Å². The monoisotopic (exact) mass is 269 g/mol. The number of carboxylic acids is 1. The summed E-state index contributed by atoms with van der Waals surface area (Å²) in [4.78, 5) is 29.7. The number of carbonyl (C=O) groups is 2. The lowest BCUT2D eigenvalue weighted by molar-refractivity contribution is -0.255. The number of amides is 1. The molecule has 2 rings (SSSR count). The van der Waals surface area contributed by atoms with Crippen molar-refractivity contribution in [1.29, 1.82) is 0 Å². The van der Waals surface area contributed by atoms with Crippen molar-refractivity contribution >= 4 is 18.1 Å². The fraction of sp³-hybridized carbons (Fsp3) is 0. The molecule has 7 heteroatoms. The van der Waals surface area contributed by atoms with E-state index in [1.807, 2.05) is 0 Å². The van der Waals surface area contributed by atoms with Gasteiger partial charge in [-0.05, 0) is 11.1 Å². The zero-order chi connectivity index (χ0) is 14.4. The smallest absolute Gasteiger partial charge is 0.291 e. The van der Waals surface area contributed by atoms with Crippen molar-refractivity contribution in [3.63, 3.8) is 0 Å². The fourth-order valence-electron chi connectivity index (χ4n) is 1.34. The van der Waals surface area contributed by atoms with Crippen molar-refractivity contribution in [2.75, 3.05) is 0 Å². The molecule has 2 aromatic rings. The minimum absolute atomic E-state index is 0.0748. The largest absolute Gasteiger partial charge is 0.545 e. The molecule has 20 heavy (non-hydrogen) atoms. The maximum Gasteiger partial charge on any atom is 0.291 e. The maximum absolute atomic E-state index is 11.6. The van der Waals surface area contributed by atoms with E-state index < -0.39 is 11.9 Å². The Kier molecular flexibility index (Phi) is 4.13. The highest BCUT2D eigenvalue weighted by atomic mass is 16.4. The van der Waals surface area contributed by atoms with E-state index in [-0.39, 0.29) is 11.3 Å². The second-order valence-corrected chi connectivity index (χ2v) is 3.70. The molecular weight excluding hydrogens is 260 g/mol. The van der Waals surface area contributed by atoms with Crippen molar-refractivity contribution < 1.29 is 14.7 Å². The lowest BCUT2D eigenvalue weighted by Crippen LogP contribution is -2.22. The van der Waals surface area contributed by atoms with E-state index in [1.165, 1.54) is 36.9 Å². The molecule has 0 aliphatic heterocycles. The van der Waals surface area contributed by atoms with E-state index in [9.17, 15) is 14.7 Å². The normalized spacial score (nSPS) is 10.4. The predicted octanol–water partition coefficient (Wildman–Crippen LogP) is -0.396. The van der Waals surface area contributed by atoms with Gasteiger partial charge in [0.25, 0.3) is 5.91 Å². The molecule has 0 spiro atoms. The molecule has 0 aliphatic rings. The summed E-state index contributed by atoms with van der Waals surface area (Å²) in [5.41, 5.74) is 3.14. The van der Waals surface area contributed by atoms with Gasteiger partial charge in [0.15, 0.2) is 0 Å². The summed E-state index contributed by atoms with van der Waals surface area (Å²) in [6, 6.07) is 5.87. The Morgan fingerprint density at radius 3 is 2.55 bits per heavy atom. The molecular formula is C13H9N4O3-. The lowest BCUT2D eigenvalue weighted by Gasteiger charge is -2.01. The third-order valence-corrected chi connectivity index (χ3v) is 2.32. The van der Waals surface area contributed by atoms with E-state index in [1.54, 1.807) is 12.1 Å². The zero-order valence-electron chi connectivity index (χ0n) is 10.2. The van der Waals surface area contributed by atoms with Gasteiger partial charge >= 0.3 is 0 Å². The fourth-order valence-corrected chi connectivity index (χ4v) is 1.34. The number of rotatable bonds is 4. The highest BCUT2D eigenvalue weighted by molar-refractivity contribution is 5.93. The van der Waals surface area contributed by atoms with E-state index >= 15 is 0 Å². The van der Waals surface area contributed by atoms with Crippen molar-refractivity contribution in [3.05, 3.63) is 59.7 Å². The Balaban J connectivity index is 1.96. The minimum Gasteiger partial charge on any atom is -0.545 e. The number of benzene rings is 1. The molecule has 0 atom stereocenters. The van der Waals surface area contributed by atoms with Crippen LogP contribution in [0.2, 0.25) is 0 Å². The molecule has 7 nitrogen and oxygen atoms in total. The van der Waals surface area contributed by atoms with Crippen LogP contribution in [0, 0.1) is 0 Å². The van der Waals surface area contributed by atoms with Gasteiger partial charge in [-0.1, -0.05) is 24.3 Å². The maximum atomic E-state index is 11.6. The first-order valence-electron chi connectivity index (χ1n) is 5.57. The summed E-state index contributed by atoms with van der Waals surface area (Å²) in [5, 5.41) is 14.3. The van der Waals surface area contributed by atoms with E-state index in [0.717, 1.165) is 0 Å². The number of nitrogens with zero attached hydrogens (tertiary/aromatic N) is 3. The number of carboxylic acid groups (broad SMARTS) is 1. The number of aromatic nitrogens is 2. The van der Waals surface area contributed by atoms with E-state index in [4.69, 9.17) is 0 Å². The molecule has 0 fully saturated rings. The van der Waals surface area contributed by atoms with Crippen molar-refractivity contribution in [1.82, 2.24) is 15.4 Å². The van der Waals surface area contributed by atoms with Gasteiger partial charge in [0.2, 0.25) is 0 Å². The first-order chi connectivity index (χ1) is 9.66. The highest BCUT2D eigenvalue weighted by Crippen LogP contribution is 2.01. The summed E-state index contributed by atoms with van der Waals surface area (Å²) < 4.78 is 0. The van der Waals surface area contributed by atoms with E-state index in [0.29, 0.717) is 5.56 Å². The molecule has 0 unspecified atom stereocenters. The molecule has 1 heterocycles. The standard InChI is InChI=1S/C13H10N4O3/c18-12(11-8-14-5-6-15-11)17-16-7-9-1-3-10(4-2-9)13(19)20/h1-8H,(H,17,18)(H,19,20)/p-1/b16-7-. The Morgan fingerprint density at radius 2 is 1.95 bits per heavy atom. The van der Waals surface area contributed by atoms with Crippen LogP contribution in [0.4, 0.5) is 0 Å². The molecule has 0 saturated carbocycles. The zero-order valence-corrected chi connectivity index (χ0v) is 10.2. The molecule has 0 bridgehead atoms. The number of aromatic carboxylic acids is 1. The highest BCUT2D eigenvalue weighted by Gasteiger charge is 2.04. The summed E-state index contributed by atoms with van der Waals surface area (Å²) >= 11 is 0. The van der Waals surface area contributed by atoms with Crippen LogP contribution in [0.25, 0.3) is 0 Å². The van der Waals surface area contributed by atoms with Gasteiger partial charge < -0.3 is 9.90 Å². The van der Waals surface area contributed by atoms with E-state index in [2.05, 4.69) is 20.5 Å². The SMILES string of the molecule is O=C([O-])c1ccc(/C=N\NC(=O)c2cnccn2)cc1. The predicted molar refractivity (Wildman–Crippen MR) is 67.9 cm³/mol. The quantitative estimate of drug-likeness (QED) is 0.600. The number of hydrazone groups is 1. The molecule has 1 aromatic heterocycles. The lowest BCUT2D eigenvalue weighted by atomic mass is 10.1. The average molecular weight is 269 g/mol. The molecule has 0 aliphatic carbocycles. The molecule has 1 N–H and O–H groups in total. The molecule has 100 valence electrons. The molecule has 0 saturated heterocycles. The Labute approximate surface area is 114 Å². The Morgan fingerprint density at radius 1 is 1.20 bits per heavy atom. The van der Waals surface area contributed by atoms with Crippen LogP contribution in [0.3, 0.4) is 0 Å². The van der Waals surface area contributed by atoms with Crippen LogP contribution >= 0.6 is 0 Å². The Bertz CT molecular complexity index is 638. The van der Waals surface area contributed by atoms with Crippen molar-refractivity contribution in [3.8, 4) is 0 Å². The average Bonchev–Trinajstić information content (AvgIpc) is 2.48. The topological polar surface area (TPSA) is 107 Å². The van der Waals surface area contributed by atoms with Gasteiger partial charge in [0.1, 0.15) is 5.69 Å². The summed E-state index contributed by atoms with van der Waals surface area (Å²) in [6.07, 6.45) is 5.56. The van der Waals surface area contributed by atoms with Crippen LogP contribution in [0.1, 0.15) is 26.4 Å². The number of nitrogens with one attached hydrogen (secondary N) is 1. The number of hydrogen-bond donors (Lipinski definition) is 1. The second kappa shape index (κ2) is 6.19. The van der Waals surface area contributed by atoms with Gasteiger partial charge in [0, 0.05) is 12.4 Å². The van der Waals surface area contributed by atoms with Crippen LogP contribution in [-0.4, -0.2) is 28.1 Å². The first kappa shape index (κ1) is 13.3. The van der Waals surface area contributed by atoms with Crippen LogP contribution < -0.4 is 10.5 Å². The molecule has 1 amide bonds. The number of hydrogen-bond acceptors (Lipinski definition) is 6. The summed E-state index contributed by atoms with van der Waals surface area (Å²) in [7, 11) is 0. The molecule has 0 radical (unpaired) electrons. The summed E-state index contributed by atoms with van der Waals surface area (Å²) in [6.45, 7) is 0. The minimum atomic E-state index is -1.25. The third-order valence-electron chi connectivity index (χ3n) is 2.32. The second-order valence-electron chi connectivity index (χ2n) is 3.70. The van der Waals surface area contributed by atoms with Gasteiger partial charge in [-0.3, -0.25) is 9.78 Å². The van der Waals surface area contributed by atoms with Gasteiger partial charge in [-0.25, -0.2) is 10.4 Å². The summed E-state index contributed by atoms with van der Waals surface area (Å²) in [5.74, 6) is -1.73. The Hall–Kier alpha value is -3.09. The third kappa shape index (κ3) is 3.45. The van der Waals surface area contributed by atoms with Gasteiger partial charge in [0.05, 0.1) is 18.4 Å². The first-order valence-corrected chi connectivity index (χ1v) is 5.57. The van der Waals surface area contributed by atoms with Crippen LogP contribution in [0.15, 0.2) is 48.0 Å². The molecule has 1 aromatic carbocycles. The van der Waals surface area contributed by atoms with Crippen molar-refractivity contribution in [2.45, 2.75) is 0 Å². The number of carbonyl (C=O) groups excluding carboxylic acids is 2. The van der Waals surface area contributed by atoms with Crippen molar-refractivity contribution in [2.24, 2.45) is 5.10 Å².